The molecule has 0 aromatic heterocycles. The largest absolute Gasteiger partial charge is 0.490 e. The van der Waals surface area contributed by atoms with Gasteiger partial charge in [0.25, 0.3) is 0 Å². The SMILES string of the molecule is CCOc1ccc(CCCCC(=O)O)cc1OCC. The Morgan fingerprint density at radius 3 is 2.42 bits per heavy atom. The molecule has 1 aromatic rings. The van der Waals surface area contributed by atoms with E-state index in [2.05, 4.69) is 0 Å². The Morgan fingerprint density at radius 1 is 1.11 bits per heavy atom. The summed E-state index contributed by atoms with van der Waals surface area (Å²) in [5.41, 5.74) is 1.15. The molecule has 0 spiro atoms. The van der Waals surface area contributed by atoms with Gasteiger partial charge in [0, 0.05) is 6.42 Å². The Hall–Kier alpha value is -1.71. The number of carboxylic acids is 1. The van der Waals surface area contributed by atoms with Gasteiger partial charge in [-0.3, -0.25) is 4.79 Å². The number of unbranched alkanes of at least 4 members (excludes halogenated alkanes) is 1. The topological polar surface area (TPSA) is 55.8 Å². The van der Waals surface area contributed by atoms with Gasteiger partial charge < -0.3 is 14.6 Å². The predicted molar refractivity (Wildman–Crippen MR) is 74.0 cm³/mol. The van der Waals surface area contributed by atoms with Gasteiger partial charge in [-0.25, -0.2) is 0 Å². The number of carbonyl (C=O) groups is 1. The molecule has 4 heteroatoms. The second-order valence-electron chi connectivity index (χ2n) is 4.25. The molecule has 1 aromatic carbocycles. The number of hydrogen-bond donors (Lipinski definition) is 1. The Balaban J connectivity index is 2.58. The average molecular weight is 266 g/mol. The molecule has 0 bridgehead atoms. The van der Waals surface area contributed by atoms with Crippen LogP contribution >= 0.6 is 0 Å². The molecule has 0 amide bonds. The van der Waals surface area contributed by atoms with Crippen molar-refractivity contribution >= 4 is 5.97 Å². The highest BCUT2D eigenvalue weighted by Gasteiger charge is 2.06. The maximum absolute atomic E-state index is 10.4. The first kappa shape index (κ1) is 15.3. The molecule has 106 valence electrons. The van der Waals surface area contributed by atoms with Crippen molar-refractivity contribution in [2.45, 2.75) is 39.5 Å². The summed E-state index contributed by atoms with van der Waals surface area (Å²) < 4.78 is 11.1. The van der Waals surface area contributed by atoms with E-state index in [9.17, 15) is 4.79 Å². The summed E-state index contributed by atoms with van der Waals surface area (Å²) in [6.45, 7) is 5.09. The van der Waals surface area contributed by atoms with Crippen LogP contribution in [0.2, 0.25) is 0 Å². The molecule has 1 rings (SSSR count). The zero-order valence-corrected chi connectivity index (χ0v) is 11.6. The van der Waals surface area contributed by atoms with Gasteiger partial charge in [-0.1, -0.05) is 6.07 Å². The van der Waals surface area contributed by atoms with E-state index in [1.807, 2.05) is 32.0 Å². The van der Waals surface area contributed by atoms with Crippen molar-refractivity contribution < 1.29 is 19.4 Å². The summed E-state index contributed by atoms with van der Waals surface area (Å²) in [4.78, 5) is 10.4. The van der Waals surface area contributed by atoms with E-state index in [1.165, 1.54) is 0 Å². The maximum atomic E-state index is 10.4. The van der Waals surface area contributed by atoms with E-state index in [0.717, 1.165) is 29.9 Å². The second kappa shape index (κ2) is 8.40. The molecule has 0 aliphatic rings. The molecular weight excluding hydrogens is 244 g/mol. The molecule has 1 N–H and O–H groups in total. The normalized spacial score (nSPS) is 10.2. The van der Waals surface area contributed by atoms with Crippen LogP contribution in [0.5, 0.6) is 11.5 Å². The summed E-state index contributed by atoms with van der Waals surface area (Å²) >= 11 is 0. The lowest BCUT2D eigenvalue weighted by Crippen LogP contribution is -1.99. The van der Waals surface area contributed by atoms with Crippen molar-refractivity contribution in [1.29, 1.82) is 0 Å². The molecule has 4 nitrogen and oxygen atoms in total. The van der Waals surface area contributed by atoms with E-state index in [-0.39, 0.29) is 6.42 Å². The maximum Gasteiger partial charge on any atom is 0.303 e. The van der Waals surface area contributed by atoms with Crippen molar-refractivity contribution in [3.8, 4) is 11.5 Å². The fourth-order valence-corrected chi connectivity index (χ4v) is 1.86. The first-order valence-electron chi connectivity index (χ1n) is 6.77. The Kier molecular flexibility index (Phi) is 6.79. The van der Waals surface area contributed by atoms with Crippen LogP contribution in [-0.2, 0) is 11.2 Å². The first-order valence-corrected chi connectivity index (χ1v) is 6.77. The summed E-state index contributed by atoms with van der Waals surface area (Å²) in [7, 11) is 0. The van der Waals surface area contributed by atoms with E-state index >= 15 is 0 Å². The van der Waals surface area contributed by atoms with Crippen LogP contribution < -0.4 is 9.47 Å². The number of aliphatic carboxylic acids is 1. The molecule has 0 saturated heterocycles. The fourth-order valence-electron chi connectivity index (χ4n) is 1.86. The molecule has 0 unspecified atom stereocenters. The van der Waals surface area contributed by atoms with Gasteiger partial charge >= 0.3 is 5.97 Å². The minimum Gasteiger partial charge on any atom is -0.490 e. The minimum absolute atomic E-state index is 0.231. The van der Waals surface area contributed by atoms with Crippen LogP contribution in [0.15, 0.2) is 18.2 Å². The van der Waals surface area contributed by atoms with E-state index in [1.54, 1.807) is 0 Å². The third-order valence-electron chi connectivity index (χ3n) is 2.71. The zero-order valence-electron chi connectivity index (χ0n) is 11.6. The van der Waals surface area contributed by atoms with E-state index in [0.29, 0.717) is 19.6 Å². The highest BCUT2D eigenvalue weighted by Crippen LogP contribution is 2.29. The molecule has 19 heavy (non-hydrogen) atoms. The standard InChI is InChI=1S/C15H22O4/c1-3-18-13-10-9-12(11-14(13)19-4-2)7-5-6-8-15(16)17/h9-11H,3-8H2,1-2H3,(H,16,17). The molecule has 0 heterocycles. The quantitative estimate of drug-likeness (QED) is 0.697. The molecule has 0 atom stereocenters. The van der Waals surface area contributed by atoms with E-state index < -0.39 is 5.97 Å². The van der Waals surface area contributed by atoms with Gasteiger partial charge in [0.1, 0.15) is 0 Å². The number of benzene rings is 1. The van der Waals surface area contributed by atoms with E-state index in [4.69, 9.17) is 14.6 Å². The lowest BCUT2D eigenvalue weighted by Gasteiger charge is -2.12. The number of ether oxygens (including phenoxy) is 2. The van der Waals surface area contributed by atoms with Crippen LogP contribution in [0.25, 0.3) is 0 Å². The van der Waals surface area contributed by atoms with Crippen LogP contribution in [0.4, 0.5) is 0 Å². The number of hydrogen-bond acceptors (Lipinski definition) is 3. The van der Waals surface area contributed by atoms with Crippen molar-refractivity contribution in [3.05, 3.63) is 23.8 Å². The van der Waals surface area contributed by atoms with Crippen LogP contribution in [0.3, 0.4) is 0 Å². The highest BCUT2D eigenvalue weighted by molar-refractivity contribution is 5.66. The fraction of sp³-hybridized carbons (Fsp3) is 0.533. The van der Waals surface area contributed by atoms with Crippen molar-refractivity contribution in [2.75, 3.05) is 13.2 Å². The van der Waals surface area contributed by atoms with Gasteiger partial charge in [-0.15, -0.1) is 0 Å². The summed E-state index contributed by atoms with van der Waals surface area (Å²) in [5, 5.41) is 8.58. The Bertz CT molecular complexity index is 401. The first-order chi connectivity index (χ1) is 9.17. The van der Waals surface area contributed by atoms with Gasteiger partial charge in [0.2, 0.25) is 0 Å². The zero-order chi connectivity index (χ0) is 14.1. The third kappa shape index (κ3) is 5.64. The molecule has 0 saturated carbocycles. The lowest BCUT2D eigenvalue weighted by molar-refractivity contribution is -0.137. The van der Waals surface area contributed by atoms with Crippen molar-refractivity contribution in [2.24, 2.45) is 0 Å². The Labute approximate surface area is 114 Å². The minimum atomic E-state index is -0.735. The van der Waals surface area contributed by atoms with Crippen LogP contribution in [0, 0.1) is 0 Å². The number of carboxylic acid groups (broad SMARTS) is 1. The molecule has 0 fully saturated rings. The lowest BCUT2D eigenvalue weighted by atomic mass is 10.1. The van der Waals surface area contributed by atoms with Crippen molar-refractivity contribution in [1.82, 2.24) is 0 Å². The molecule has 0 aliphatic heterocycles. The number of aryl methyl sites for hydroxylation is 1. The summed E-state index contributed by atoms with van der Waals surface area (Å²) in [6, 6.07) is 5.91. The second-order valence-corrected chi connectivity index (χ2v) is 4.25. The predicted octanol–water partition coefficient (Wildman–Crippen LogP) is 3.28. The van der Waals surface area contributed by atoms with Gasteiger partial charge in [0.15, 0.2) is 11.5 Å². The average Bonchev–Trinajstić information content (AvgIpc) is 2.38. The van der Waals surface area contributed by atoms with Gasteiger partial charge in [-0.2, -0.15) is 0 Å². The highest BCUT2D eigenvalue weighted by atomic mass is 16.5. The van der Waals surface area contributed by atoms with Gasteiger partial charge in [0.05, 0.1) is 13.2 Å². The molecular formula is C15H22O4. The Morgan fingerprint density at radius 2 is 1.79 bits per heavy atom. The number of rotatable bonds is 9. The van der Waals surface area contributed by atoms with Gasteiger partial charge in [-0.05, 0) is 50.8 Å². The van der Waals surface area contributed by atoms with Crippen LogP contribution in [0.1, 0.15) is 38.7 Å². The molecule has 0 radical (unpaired) electrons. The summed E-state index contributed by atoms with van der Waals surface area (Å²) in [5.74, 6) is 0.792. The smallest absolute Gasteiger partial charge is 0.303 e. The van der Waals surface area contributed by atoms with Crippen molar-refractivity contribution in [3.63, 3.8) is 0 Å². The third-order valence-corrected chi connectivity index (χ3v) is 2.71. The summed E-state index contributed by atoms with van der Waals surface area (Å²) in [6.07, 6.45) is 2.66. The van der Waals surface area contributed by atoms with Crippen LogP contribution in [-0.4, -0.2) is 24.3 Å². The molecule has 0 aliphatic carbocycles. The monoisotopic (exact) mass is 266 g/mol.